The molecule has 6 heteroatoms. The number of rotatable bonds is 6. The lowest BCUT2D eigenvalue weighted by atomic mass is 9.95. The van der Waals surface area contributed by atoms with E-state index in [9.17, 15) is 4.79 Å². The maximum Gasteiger partial charge on any atom is 0.222 e. The molecule has 0 aliphatic carbocycles. The first-order valence-electron chi connectivity index (χ1n) is 7.22. The Hall–Kier alpha value is -0.590. The second-order valence-corrected chi connectivity index (χ2v) is 8.04. The highest BCUT2D eigenvalue weighted by molar-refractivity contribution is 8.02. The van der Waals surface area contributed by atoms with Gasteiger partial charge in [-0.25, -0.2) is 0 Å². The molecule has 1 aliphatic rings. The van der Waals surface area contributed by atoms with Crippen LogP contribution < -0.4 is 5.73 Å². The number of thiophene rings is 1. The van der Waals surface area contributed by atoms with E-state index in [1.165, 1.54) is 4.88 Å². The van der Waals surface area contributed by atoms with E-state index < -0.39 is 0 Å². The molecule has 1 amide bonds. The monoisotopic (exact) mass is 342 g/mol. The first-order valence-corrected chi connectivity index (χ1v) is 9.74. The van der Waals surface area contributed by atoms with Crippen molar-refractivity contribution in [1.82, 2.24) is 4.90 Å². The zero-order valence-electron chi connectivity index (χ0n) is 12.3. The molecular formula is C15H22N2OS3. The molecule has 0 aromatic carbocycles. The van der Waals surface area contributed by atoms with Crippen LogP contribution in [0.4, 0.5) is 0 Å². The van der Waals surface area contributed by atoms with Crippen molar-refractivity contribution in [3.05, 3.63) is 22.4 Å². The largest absolute Gasteiger partial charge is 0.392 e. The number of likely N-dealkylation sites (tertiary alicyclic amines) is 1. The van der Waals surface area contributed by atoms with Crippen LogP contribution in [-0.4, -0.2) is 39.9 Å². The third kappa shape index (κ3) is 4.20. The van der Waals surface area contributed by atoms with Crippen LogP contribution in [0.2, 0.25) is 0 Å². The third-order valence-electron chi connectivity index (χ3n) is 4.16. The second kappa shape index (κ2) is 7.61. The normalized spacial score (nSPS) is 17.7. The minimum absolute atomic E-state index is 0.108. The Labute approximate surface area is 140 Å². The van der Waals surface area contributed by atoms with E-state index in [1.54, 1.807) is 23.1 Å². The average Bonchev–Trinajstić information content (AvgIpc) is 3.00. The van der Waals surface area contributed by atoms with Crippen molar-refractivity contribution in [2.45, 2.75) is 36.9 Å². The fourth-order valence-electron chi connectivity index (χ4n) is 2.70. The number of carbonyl (C=O) groups excluding carboxylic acids is 1. The number of hydrogen-bond donors (Lipinski definition) is 1. The molecule has 3 nitrogen and oxygen atoms in total. The Morgan fingerprint density at radius 3 is 2.76 bits per heavy atom. The highest BCUT2D eigenvalue weighted by Gasteiger charge is 2.37. The van der Waals surface area contributed by atoms with Gasteiger partial charge in [0.1, 0.15) is 0 Å². The summed E-state index contributed by atoms with van der Waals surface area (Å²) in [5, 5.41) is 2.08. The molecule has 1 fully saturated rings. The molecule has 0 radical (unpaired) electrons. The van der Waals surface area contributed by atoms with Gasteiger partial charge in [0.2, 0.25) is 5.91 Å². The number of hydrogen-bond acceptors (Lipinski definition) is 4. The molecule has 1 aromatic rings. The van der Waals surface area contributed by atoms with Gasteiger partial charge >= 0.3 is 0 Å². The fraction of sp³-hybridized carbons (Fsp3) is 0.600. The summed E-state index contributed by atoms with van der Waals surface area (Å²) in [5.74, 6) is 0.268. The Morgan fingerprint density at radius 1 is 1.52 bits per heavy atom. The second-order valence-electron chi connectivity index (χ2n) is 5.38. The minimum atomic E-state index is -0.108. The molecule has 2 heterocycles. The van der Waals surface area contributed by atoms with Gasteiger partial charge in [0.15, 0.2) is 0 Å². The van der Waals surface area contributed by atoms with Gasteiger partial charge in [0.25, 0.3) is 0 Å². The summed E-state index contributed by atoms with van der Waals surface area (Å²) in [5.41, 5.74) is 5.88. The van der Waals surface area contributed by atoms with Crippen LogP contribution in [0.15, 0.2) is 17.5 Å². The van der Waals surface area contributed by atoms with Gasteiger partial charge in [-0.2, -0.15) is 11.8 Å². The van der Waals surface area contributed by atoms with Crippen molar-refractivity contribution in [2.24, 2.45) is 5.73 Å². The van der Waals surface area contributed by atoms with Crippen molar-refractivity contribution < 1.29 is 4.79 Å². The smallest absolute Gasteiger partial charge is 0.222 e. The van der Waals surface area contributed by atoms with E-state index >= 15 is 0 Å². The predicted octanol–water partition coefficient (Wildman–Crippen LogP) is 3.08. The molecule has 2 N–H and O–H groups in total. The number of carbonyl (C=O) groups is 1. The standard InChI is InChI=1S/C15H22N2OS3/c1-20-15(14(16)19)7-9-17(10-8-15)13(18)6-2-4-12-5-3-11-21-12/h3,5,11H,2,4,6-10H2,1H3,(H2,16,19). The quantitative estimate of drug-likeness (QED) is 0.807. The van der Waals surface area contributed by atoms with Gasteiger partial charge in [-0.1, -0.05) is 18.3 Å². The maximum atomic E-state index is 12.3. The van der Waals surface area contributed by atoms with E-state index in [4.69, 9.17) is 18.0 Å². The van der Waals surface area contributed by atoms with Crippen molar-refractivity contribution in [3.8, 4) is 0 Å². The molecule has 1 saturated heterocycles. The molecule has 0 unspecified atom stereocenters. The maximum absolute atomic E-state index is 12.3. The molecule has 116 valence electrons. The number of nitrogens with two attached hydrogens (primary N) is 1. The molecule has 2 rings (SSSR count). The molecular weight excluding hydrogens is 320 g/mol. The van der Waals surface area contributed by atoms with E-state index in [0.717, 1.165) is 38.8 Å². The van der Waals surface area contributed by atoms with Crippen LogP contribution in [0.25, 0.3) is 0 Å². The van der Waals surface area contributed by atoms with E-state index in [1.807, 2.05) is 4.90 Å². The van der Waals surface area contributed by atoms with Crippen molar-refractivity contribution >= 4 is 46.2 Å². The highest BCUT2D eigenvalue weighted by atomic mass is 32.2. The van der Waals surface area contributed by atoms with Gasteiger partial charge in [0.05, 0.1) is 9.74 Å². The summed E-state index contributed by atoms with van der Waals surface area (Å²) in [7, 11) is 0. The molecule has 1 aliphatic heterocycles. The van der Waals surface area contributed by atoms with Crippen molar-refractivity contribution in [1.29, 1.82) is 0 Å². The van der Waals surface area contributed by atoms with E-state index in [2.05, 4.69) is 23.8 Å². The average molecular weight is 343 g/mol. The zero-order chi connectivity index (χ0) is 15.3. The first-order chi connectivity index (χ1) is 10.1. The van der Waals surface area contributed by atoms with Crippen LogP contribution in [0.5, 0.6) is 0 Å². The van der Waals surface area contributed by atoms with Crippen molar-refractivity contribution in [3.63, 3.8) is 0 Å². The molecule has 0 saturated carbocycles. The van der Waals surface area contributed by atoms with Gasteiger partial charge in [-0.15, -0.1) is 11.3 Å². The fourth-order valence-corrected chi connectivity index (χ4v) is 4.69. The summed E-state index contributed by atoms with van der Waals surface area (Å²) in [6.45, 7) is 1.55. The Kier molecular flexibility index (Phi) is 6.08. The molecule has 0 bridgehead atoms. The molecule has 0 spiro atoms. The van der Waals surface area contributed by atoms with Gasteiger partial charge in [-0.05, 0) is 43.4 Å². The molecule has 0 atom stereocenters. The van der Waals surface area contributed by atoms with Crippen LogP contribution in [0.1, 0.15) is 30.6 Å². The minimum Gasteiger partial charge on any atom is -0.392 e. The van der Waals surface area contributed by atoms with Crippen molar-refractivity contribution in [2.75, 3.05) is 19.3 Å². The zero-order valence-corrected chi connectivity index (χ0v) is 14.8. The highest BCUT2D eigenvalue weighted by Crippen LogP contribution is 2.35. The van der Waals surface area contributed by atoms with Crippen LogP contribution in [0, 0.1) is 0 Å². The Bertz CT molecular complexity index is 479. The number of thioether (sulfide) groups is 1. The van der Waals surface area contributed by atoms with Gasteiger partial charge in [0, 0.05) is 24.4 Å². The van der Waals surface area contributed by atoms with E-state index in [-0.39, 0.29) is 10.7 Å². The SMILES string of the molecule is CSC1(C(N)=S)CCN(C(=O)CCCc2cccs2)CC1. The lowest BCUT2D eigenvalue weighted by Gasteiger charge is -2.40. The lowest BCUT2D eigenvalue weighted by molar-refractivity contribution is -0.132. The number of thiocarbonyl (C=S) groups is 1. The number of aryl methyl sites for hydroxylation is 1. The number of nitrogens with zero attached hydrogens (tertiary/aromatic N) is 1. The lowest BCUT2D eigenvalue weighted by Crippen LogP contribution is -2.50. The molecule has 1 aromatic heterocycles. The van der Waals surface area contributed by atoms with E-state index in [0.29, 0.717) is 11.4 Å². The molecule has 21 heavy (non-hydrogen) atoms. The van der Waals surface area contributed by atoms with Gasteiger partial charge in [-0.3, -0.25) is 4.79 Å². The summed E-state index contributed by atoms with van der Waals surface area (Å²) in [4.78, 5) is 16.2. The van der Waals surface area contributed by atoms with Crippen LogP contribution >= 0.6 is 35.3 Å². The van der Waals surface area contributed by atoms with Gasteiger partial charge < -0.3 is 10.6 Å². The Morgan fingerprint density at radius 2 is 2.24 bits per heavy atom. The third-order valence-corrected chi connectivity index (χ3v) is 7.02. The summed E-state index contributed by atoms with van der Waals surface area (Å²) in [6.07, 6.45) is 6.37. The van der Waals surface area contributed by atoms with Crippen LogP contribution in [-0.2, 0) is 11.2 Å². The topological polar surface area (TPSA) is 46.3 Å². The summed E-state index contributed by atoms with van der Waals surface area (Å²) >= 11 is 8.69. The predicted molar refractivity (Wildman–Crippen MR) is 96.1 cm³/mol. The number of amides is 1. The Balaban J connectivity index is 1.76. The van der Waals surface area contributed by atoms with Crippen LogP contribution in [0.3, 0.4) is 0 Å². The first kappa shape index (κ1) is 16.8. The number of piperidine rings is 1. The summed E-state index contributed by atoms with van der Waals surface area (Å²) < 4.78 is -0.108. The summed E-state index contributed by atoms with van der Waals surface area (Å²) in [6, 6.07) is 4.19.